The molecule has 2 nitrogen and oxygen atoms in total. The van der Waals surface area contributed by atoms with Crippen molar-refractivity contribution in [3.8, 4) is 0 Å². The molecular formula is C10H18N2. The van der Waals surface area contributed by atoms with Gasteiger partial charge in [-0.3, -0.25) is 0 Å². The van der Waals surface area contributed by atoms with E-state index in [1.54, 1.807) is 0 Å². The predicted molar refractivity (Wildman–Crippen MR) is 53.0 cm³/mol. The van der Waals surface area contributed by atoms with Crippen LogP contribution in [0.25, 0.3) is 0 Å². The van der Waals surface area contributed by atoms with Crippen molar-refractivity contribution in [2.45, 2.75) is 20.3 Å². The molecule has 2 N–H and O–H groups in total. The average Bonchev–Trinajstić information content (AvgIpc) is 2.30. The van der Waals surface area contributed by atoms with E-state index >= 15 is 0 Å². The molecule has 0 aromatic rings. The molecule has 12 heavy (non-hydrogen) atoms. The Kier molecular flexibility index (Phi) is 3.88. The quantitative estimate of drug-likeness (QED) is 0.615. The average molecular weight is 166 g/mol. The molecule has 1 heterocycles. The van der Waals surface area contributed by atoms with Crippen LogP contribution in [-0.4, -0.2) is 19.6 Å². The molecule has 0 aromatic heterocycles. The van der Waals surface area contributed by atoms with Crippen molar-refractivity contribution in [1.82, 2.24) is 10.6 Å². The lowest BCUT2D eigenvalue weighted by molar-refractivity contribution is 0.733. The highest BCUT2D eigenvalue weighted by atomic mass is 15.0. The van der Waals surface area contributed by atoms with Crippen molar-refractivity contribution < 1.29 is 0 Å². The van der Waals surface area contributed by atoms with Gasteiger partial charge in [-0.25, -0.2) is 0 Å². The summed E-state index contributed by atoms with van der Waals surface area (Å²) in [5.41, 5.74) is 2.69. The minimum atomic E-state index is 0.995. The SMILES string of the molecule is C/C=C1/CNCCN/C1=C/CC. The summed E-state index contributed by atoms with van der Waals surface area (Å²) in [5, 5.41) is 6.78. The molecule has 1 rings (SSSR count). The van der Waals surface area contributed by atoms with Crippen molar-refractivity contribution in [2.24, 2.45) is 0 Å². The van der Waals surface area contributed by atoms with Crippen LogP contribution in [0.3, 0.4) is 0 Å². The zero-order chi connectivity index (χ0) is 8.81. The maximum Gasteiger partial charge on any atom is 0.0342 e. The third-order valence-electron chi connectivity index (χ3n) is 2.04. The molecule has 0 unspecified atom stereocenters. The van der Waals surface area contributed by atoms with E-state index in [-0.39, 0.29) is 0 Å². The molecule has 1 aliphatic heterocycles. The Morgan fingerprint density at radius 1 is 1.42 bits per heavy atom. The molecule has 0 aliphatic carbocycles. The second-order valence-corrected chi connectivity index (χ2v) is 2.94. The molecule has 0 bridgehead atoms. The van der Waals surface area contributed by atoms with Crippen LogP contribution >= 0.6 is 0 Å². The fraction of sp³-hybridized carbons (Fsp3) is 0.600. The highest BCUT2D eigenvalue weighted by molar-refractivity contribution is 5.31. The molecule has 2 heteroatoms. The van der Waals surface area contributed by atoms with Crippen LogP contribution in [0.4, 0.5) is 0 Å². The Balaban J connectivity index is 2.71. The minimum absolute atomic E-state index is 0.995. The summed E-state index contributed by atoms with van der Waals surface area (Å²) in [6, 6.07) is 0. The van der Waals surface area contributed by atoms with Gasteiger partial charge in [0.25, 0.3) is 0 Å². The summed E-state index contributed by atoms with van der Waals surface area (Å²) < 4.78 is 0. The standard InChI is InChI=1S/C10H18N2/c1-3-5-10-9(4-2)8-11-6-7-12-10/h4-5,11-12H,3,6-8H2,1-2H3/b9-4-,10-5+. The van der Waals surface area contributed by atoms with Crippen LogP contribution < -0.4 is 10.6 Å². The van der Waals surface area contributed by atoms with Crippen molar-refractivity contribution >= 4 is 0 Å². The van der Waals surface area contributed by atoms with Crippen LogP contribution in [0.2, 0.25) is 0 Å². The molecule has 68 valence electrons. The molecule has 1 fully saturated rings. The van der Waals surface area contributed by atoms with Gasteiger partial charge in [0.2, 0.25) is 0 Å². The van der Waals surface area contributed by atoms with E-state index in [1.807, 2.05) is 0 Å². The largest absolute Gasteiger partial charge is 0.384 e. The second-order valence-electron chi connectivity index (χ2n) is 2.94. The number of allylic oxidation sites excluding steroid dienone is 2. The Labute approximate surface area is 74.7 Å². The van der Waals surface area contributed by atoms with Crippen molar-refractivity contribution in [2.75, 3.05) is 19.6 Å². The molecule has 1 saturated heterocycles. The summed E-state index contributed by atoms with van der Waals surface area (Å²) in [6.45, 7) is 7.34. The summed E-state index contributed by atoms with van der Waals surface area (Å²) in [5.74, 6) is 0. The fourth-order valence-corrected chi connectivity index (χ4v) is 1.38. The van der Waals surface area contributed by atoms with E-state index in [1.165, 1.54) is 11.3 Å². The van der Waals surface area contributed by atoms with Crippen molar-refractivity contribution in [3.05, 3.63) is 23.4 Å². The molecule has 0 atom stereocenters. The smallest absolute Gasteiger partial charge is 0.0342 e. The summed E-state index contributed by atoms with van der Waals surface area (Å²) in [4.78, 5) is 0. The fourth-order valence-electron chi connectivity index (χ4n) is 1.38. The monoisotopic (exact) mass is 166 g/mol. The first-order valence-corrected chi connectivity index (χ1v) is 4.68. The zero-order valence-electron chi connectivity index (χ0n) is 7.98. The predicted octanol–water partition coefficient (Wildman–Crippen LogP) is 1.42. The Bertz CT molecular complexity index is 192. The van der Waals surface area contributed by atoms with E-state index in [4.69, 9.17) is 0 Å². The Morgan fingerprint density at radius 2 is 2.25 bits per heavy atom. The van der Waals surface area contributed by atoms with Crippen LogP contribution in [0.15, 0.2) is 23.4 Å². The Hall–Kier alpha value is -0.760. The lowest BCUT2D eigenvalue weighted by Gasteiger charge is -2.08. The topological polar surface area (TPSA) is 24.1 Å². The molecule has 0 radical (unpaired) electrons. The minimum Gasteiger partial charge on any atom is -0.384 e. The second kappa shape index (κ2) is 4.99. The molecular weight excluding hydrogens is 148 g/mol. The van der Waals surface area contributed by atoms with Crippen LogP contribution in [0, 0.1) is 0 Å². The van der Waals surface area contributed by atoms with Gasteiger partial charge in [0, 0.05) is 25.3 Å². The third kappa shape index (κ3) is 2.38. The van der Waals surface area contributed by atoms with Crippen molar-refractivity contribution in [3.63, 3.8) is 0 Å². The van der Waals surface area contributed by atoms with Gasteiger partial charge >= 0.3 is 0 Å². The van der Waals surface area contributed by atoms with Crippen LogP contribution in [0.5, 0.6) is 0 Å². The number of hydrogen-bond acceptors (Lipinski definition) is 2. The first-order valence-electron chi connectivity index (χ1n) is 4.68. The molecule has 0 amide bonds. The van der Waals surface area contributed by atoms with Gasteiger partial charge in [-0.15, -0.1) is 0 Å². The van der Waals surface area contributed by atoms with Crippen molar-refractivity contribution in [1.29, 1.82) is 0 Å². The first kappa shape index (κ1) is 9.33. The molecule has 0 aromatic carbocycles. The van der Waals surface area contributed by atoms with E-state index in [0.29, 0.717) is 0 Å². The summed E-state index contributed by atoms with van der Waals surface area (Å²) in [6.07, 6.45) is 5.52. The van der Waals surface area contributed by atoms with E-state index in [9.17, 15) is 0 Å². The highest BCUT2D eigenvalue weighted by Crippen LogP contribution is 2.08. The highest BCUT2D eigenvalue weighted by Gasteiger charge is 2.06. The van der Waals surface area contributed by atoms with Crippen LogP contribution in [-0.2, 0) is 0 Å². The van der Waals surface area contributed by atoms with E-state index in [0.717, 1.165) is 26.1 Å². The summed E-state index contributed by atoms with van der Waals surface area (Å²) >= 11 is 0. The third-order valence-corrected chi connectivity index (χ3v) is 2.04. The van der Waals surface area contributed by atoms with Gasteiger partial charge < -0.3 is 10.6 Å². The number of rotatable bonds is 1. The van der Waals surface area contributed by atoms with E-state index in [2.05, 4.69) is 36.6 Å². The van der Waals surface area contributed by atoms with E-state index < -0.39 is 0 Å². The van der Waals surface area contributed by atoms with Gasteiger partial charge in [-0.2, -0.15) is 0 Å². The van der Waals surface area contributed by atoms with Gasteiger partial charge in [0.15, 0.2) is 0 Å². The summed E-state index contributed by atoms with van der Waals surface area (Å²) in [7, 11) is 0. The maximum absolute atomic E-state index is 3.41. The number of hydrogen-bond donors (Lipinski definition) is 2. The Morgan fingerprint density at radius 3 is 2.92 bits per heavy atom. The van der Waals surface area contributed by atoms with Gasteiger partial charge in [0.05, 0.1) is 0 Å². The molecule has 1 aliphatic rings. The lowest BCUT2D eigenvalue weighted by Crippen LogP contribution is -2.20. The maximum atomic E-state index is 3.41. The van der Waals surface area contributed by atoms with Crippen LogP contribution in [0.1, 0.15) is 20.3 Å². The molecule has 0 spiro atoms. The number of nitrogens with one attached hydrogen (secondary N) is 2. The van der Waals surface area contributed by atoms with Gasteiger partial charge in [-0.05, 0) is 18.9 Å². The normalized spacial score (nSPS) is 25.5. The lowest BCUT2D eigenvalue weighted by atomic mass is 10.1. The first-order chi connectivity index (χ1) is 5.88. The molecule has 0 saturated carbocycles. The zero-order valence-corrected chi connectivity index (χ0v) is 7.98. The van der Waals surface area contributed by atoms with Gasteiger partial charge in [0.1, 0.15) is 0 Å². The van der Waals surface area contributed by atoms with Gasteiger partial charge in [-0.1, -0.05) is 19.1 Å².